The molecule has 1 unspecified atom stereocenters. The van der Waals surface area contributed by atoms with Gasteiger partial charge in [0.05, 0.1) is 39.9 Å². The van der Waals surface area contributed by atoms with E-state index in [1.165, 1.54) is 45.7 Å². The zero-order valence-electron chi connectivity index (χ0n) is 17.3. The molecule has 0 aliphatic carbocycles. The summed E-state index contributed by atoms with van der Waals surface area (Å²) in [6.07, 6.45) is 1.75. The molecule has 30 heavy (non-hydrogen) atoms. The molecule has 0 aliphatic heterocycles. The molecule has 8 heteroatoms. The van der Waals surface area contributed by atoms with Crippen LogP contribution in [-0.4, -0.2) is 39.7 Å². The van der Waals surface area contributed by atoms with E-state index in [1.807, 2.05) is 11.4 Å². The number of ketones is 1. The van der Waals surface area contributed by atoms with Crippen molar-refractivity contribution in [3.05, 3.63) is 45.7 Å². The van der Waals surface area contributed by atoms with E-state index >= 15 is 0 Å². The Morgan fingerprint density at radius 2 is 1.83 bits per heavy atom. The molecule has 0 aliphatic rings. The Morgan fingerprint density at radius 3 is 2.30 bits per heavy atom. The largest absolute Gasteiger partial charge is 0.493 e. The molecule has 0 spiro atoms. The Balaban J connectivity index is 2.11. The van der Waals surface area contributed by atoms with Crippen molar-refractivity contribution in [2.45, 2.75) is 19.3 Å². The number of methoxy groups -OCH3 is 3. The topological polar surface area (TPSA) is 94.9 Å². The van der Waals surface area contributed by atoms with Crippen molar-refractivity contribution in [2.75, 3.05) is 27.9 Å². The third-order valence-electron chi connectivity index (χ3n) is 4.31. The first kappa shape index (κ1) is 23.0. The lowest BCUT2D eigenvalue weighted by Crippen LogP contribution is -2.15. The van der Waals surface area contributed by atoms with E-state index in [0.29, 0.717) is 22.8 Å². The molecule has 0 amide bonds. The van der Waals surface area contributed by atoms with Crippen molar-refractivity contribution < 1.29 is 28.5 Å². The van der Waals surface area contributed by atoms with Gasteiger partial charge in [-0.25, -0.2) is 4.79 Å². The highest BCUT2D eigenvalue weighted by Gasteiger charge is 2.21. The van der Waals surface area contributed by atoms with Crippen LogP contribution in [0, 0.1) is 11.3 Å². The second-order valence-corrected chi connectivity index (χ2v) is 7.17. The number of benzene rings is 1. The van der Waals surface area contributed by atoms with Gasteiger partial charge in [0, 0.05) is 11.3 Å². The summed E-state index contributed by atoms with van der Waals surface area (Å²) in [5.41, 5.74) is 0.614. The summed E-state index contributed by atoms with van der Waals surface area (Å²) in [5, 5.41) is 11.5. The highest BCUT2D eigenvalue weighted by Crippen LogP contribution is 2.40. The van der Waals surface area contributed by atoms with E-state index in [9.17, 15) is 14.9 Å². The smallest absolute Gasteiger partial charge is 0.341 e. The van der Waals surface area contributed by atoms with Gasteiger partial charge in [-0.05, 0) is 42.1 Å². The van der Waals surface area contributed by atoms with Crippen LogP contribution in [0.3, 0.4) is 0 Å². The zero-order valence-corrected chi connectivity index (χ0v) is 18.1. The number of ether oxygens (including phenoxy) is 4. The summed E-state index contributed by atoms with van der Waals surface area (Å²) in [6.45, 7) is 1.29. The third-order valence-corrected chi connectivity index (χ3v) is 5.13. The fourth-order valence-corrected chi connectivity index (χ4v) is 3.43. The third kappa shape index (κ3) is 5.61. The molecule has 158 valence electrons. The number of nitrogens with zero attached hydrogens (tertiary/aromatic N) is 1. The van der Waals surface area contributed by atoms with Gasteiger partial charge in [0.15, 0.2) is 17.3 Å². The highest BCUT2D eigenvalue weighted by molar-refractivity contribution is 7.10. The Morgan fingerprint density at radius 1 is 1.17 bits per heavy atom. The summed E-state index contributed by atoms with van der Waals surface area (Å²) in [7, 11) is 4.48. The van der Waals surface area contributed by atoms with Crippen LogP contribution in [0.2, 0.25) is 0 Å². The molecular formula is C22H23NO6S. The van der Waals surface area contributed by atoms with Gasteiger partial charge in [-0.2, -0.15) is 5.26 Å². The van der Waals surface area contributed by atoms with E-state index in [-0.39, 0.29) is 24.4 Å². The first-order valence-electron chi connectivity index (χ1n) is 9.07. The lowest BCUT2D eigenvalue weighted by molar-refractivity contribution is -0.140. The summed E-state index contributed by atoms with van der Waals surface area (Å²) in [4.78, 5) is 25.0. The van der Waals surface area contributed by atoms with E-state index < -0.39 is 11.9 Å². The minimum absolute atomic E-state index is 0.0250. The first-order valence-corrected chi connectivity index (χ1v) is 9.95. The first-order chi connectivity index (χ1) is 14.4. The van der Waals surface area contributed by atoms with Gasteiger partial charge >= 0.3 is 5.97 Å². The Kier molecular flexibility index (Phi) is 8.44. The second-order valence-electron chi connectivity index (χ2n) is 6.19. The average molecular weight is 429 g/mol. The number of carbonyl (C=O) groups excluding carboxylic acids is 2. The number of hydrogen-bond donors (Lipinski definition) is 0. The van der Waals surface area contributed by atoms with Crippen LogP contribution in [0.15, 0.2) is 35.2 Å². The number of rotatable bonds is 10. The normalized spacial score (nSPS) is 11.9. The number of thiophene rings is 1. The number of esters is 1. The zero-order chi connectivity index (χ0) is 22.1. The van der Waals surface area contributed by atoms with Gasteiger partial charge in [0.25, 0.3) is 0 Å². The molecule has 2 aromatic rings. The van der Waals surface area contributed by atoms with Crippen LogP contribution in [-0.2, 0) is 14.3 Å². The fraction of sp³-hybridized carbons (Fsp3) is 0.318. The van der Waals surface area contributed by atoms with E-state index in [4.69, 9.17) is 18.9 Å². The van der Waals surface area contributed by atoms with E-state index in [1.54, 1.807) is 18.2 Å². The second kappa shape index (κ2) is 11.0. The van der Waals surface area contributed by atoms with Gasteiger partial charge in [0.1, 0.15) is 5.57 Å². The van der Waals surface area contributed by atoms with Gasteiger partial charge in [-0.15, -0.1) is 11.3 Å². The summed E-state index contributed by atoms with van der Waals surface area (Å²) >= 11 is 1.41. The summed E-state index contributed by atoms with van der Waals surface area (Å²) < 4.78 is 21.2. The van der Waals surface area contributed by atoms with Crippen LogP contribution in [0.1, 0.15) is 29.7 Å². The lowest BCUT2D eigenvalue weighted by Gasteiger charge is -2.16. The molecular weight excluding hydrogens is 406 g/mol. The van der Waals surface area contributed by atoms with E-state index in [2.05, 4.69) is 6.07 Å². The molecule has 7 nitrogen and oxygen atoms in total. The number of Topliss-reactive ketones (excluding diaryl/α,β-unsaturated/α-hetero) is 1. The maximum Gasteiger partial charge on any atom is 0.341 e. The minimum atomic E-state index is -0.711. The standard InChI is InChI=1S/C22H23NO6S/c1-14(24)18(12-17-6-5-9-30-17)22(25)29-8-7-15(13-23)16-10-19(26-2)21(28-4)20(11-16)27-3/h5-6,9-12,15H,7-8H2,1-4H3/b18-12-. The van der Waals surface area contributed by atoms with Crippen molar-refractivity contribution in [3.63, 3.8) is 0 Å². The van der Waals surface area contributed by atoms with Gasteiger partial charge in [-0.1, -0.05) is 6.07 Å². The molecule has 1 aromatic heterocycles. The van der Waals surface area contributed by atoms with Crippen molar-refractivity contribution in [1.29, 1.82) is 5.26 Å². The molecule has 1 heterocycles. The maximum atomic E-state index is 12.4. The maximum absolute atomic E-state index is 12.4. The molecule has 1 aromatic carbocycles. The van der Waals surface area contributed by atoms with Crippen LogP contribution in [0.4, 0.5) is 0 Å². The predicted molar refractivity (Wildman–Crippen MR) is 113 cm³/mol. The number of nitriles is 1. The van der Waals surface area contributed by atoms with Gasteiger partial charge < -0.3 is 18.9 Å². The number of hydrogen-bond acceptors (Lipinski definition) is 8. The van der Waals surface area contributed by atoms with Crippen molar-refractivity contribution in [2.24, 2.45) is 0 Å². The molecule has 0 N–H and O–H groups in total. The molecule has 0 saturated carbocycles. The molecule has 0 fully saturated rings. The Hall–Kier alpha value is -3.31. The monoisotopic (exact) mass is 429 g/mol. The van der Waals surface area contributed by atoms with Crippen molar-refractivity contribution in [3.8, 4) is 23.3 Å². The lowest BCUT2D eigenvalue weighted by atomic mass is 9.96. The quantitative estimate of drug-likeness (QED) is 0.244. The van der Waals surface area contributed by atoms with Gasteiger partial charge in [-0.3, -0.25) is 4.79 Å². The minimum Gasteiger partial charge on any atom is -0.493 e. The van der Waals surface area contributed by atoms with Crippen LogP contribution < -0.4 is 14.2 Å². The van der Waals surface area contributed by atoms with Gasteiger partial charge in [0.2, 0.25) is 5.75 Å². The Labute approximate surface area is 179 Å². The molecule has 0 radical (unpaired) electrons. The van der Waals surface area contributed by atoms with Crippen LogP contribution in [0.5, 0.6) is 17.2 Å². The average Bonchev–Trinajstić information content (AvgIpc) is 3.26. The molecule has 0 saturated heterocycles. The molecule has 0 bridgehead atoms. The van der Waals surface area contributed by atoms with Crippen molar-refractivity contribution >= 4 is 29.2 Å². The Bertz CT molecular complexity index is 933. The summed E-state index contributed by atoms with van der Waals surface area (Å²) in [6, 6.07) is 9.21. The van der Waals surface area contributed by atoms with Crippen LogP contribution >= 0.6 is 11.3 Å². The van der Waals surface area contributed by atoms with Crippen molar-refractivity contribution in [1.82, 2.24) is 0 Å². The molecule has 2 rings (SSSR count). The predicted octanol–water partition coefficient (Wildman–Crippen LogP) is 3.99. The van der Waals surface area contributed by atoms with E-state index in [0.717, 1.165) is 4.88 Å². The number of carbonyl (C=O) groups is 2. The summed E-state index contributed by atoms with van der Waals surface area (Å²) in [5.74, 6) is -0.374. The molecule has 1 atom stereocenters. The fourth-order valence-electron chi connectivity index (χ4n) is 2.78. The highest BCUT2D eigenvalue weighted by atomic mass is 32.1. The SMILES string of the molecule is COc1cc(C(C#N)CCOC(=O)/C(=C\c2cccs2)C(C)=O)cc(OC)c1OC. The van der Waals surface area contributed by atoms with Crippen LogP contribution in [0.25, 0.3) is 6.08 Å².